The number of benzene rings is 1. The molecule has 2 rings (SSSR count). The Morgan fingerprint density at radius 1 is 1.31 bits per heavy atom. The molecule has 0 radical (unpaired) electrons. The second-order valence-electron chi connectivity index (χ2n) is 4.68. The highest BCUT2D eigenvalue weighted by atomic mass is 19.1. The number of hydrogen-bond donors (Lipinski definition) is 1. The van der Waals surface area contributed by atoms with Crippen LogP contribution in [0.5, 0.6) is 0 Å². The molecule has 1 saturated heterocycles. The van der Waals surface area contributed by atoms with E-state index in [1.54, 1.807) is 0 Å². The Hall–Kier alpha value is -0.890. The van der Waals surface area contributed by atoms with Crippen molar-refractivity contribution in [2.45, 2.75) is 25.7 Å². The van der Waals surface area contributed by atoms with Crippen molar-refractivity contribution in [1.29, 1.82) is 0 Å². The summed E-state index contributed by atoms with van der Waals surface area (Å²) in [6.45, 7) is 2.04. The fourth-order valence-corrected chi connectivity index (χ4v) is 2.45. The molecule has 1 aliphatic heterocycles. The number of nitrogens with one attached hydrogen (secondary N) is 1. The predicted octanol–water partition coefficient (Wildman–Crippen LogP) is 2.74. The number of hydrogen-bond acceptors (Lipinski definition) is 1. The van der Waals surface area contributed by atoms with Gasteiger partial charge in [0, 0.05) is 6.42 Å². The summed E-state index contributed by atoms with van der Waals surface area (Å²) >= 11 is 0. The van der Waals surface area contributed by atoms with E-state index < -0.39 is 0 Å². The average Bonchev–Trinajstić information content (AvgIpc) is 2.31. The fraction of sp³-hybridized carbons (Fsp3) is 0.571. The van der Waals surface area contributed by atoms with Crippen molar-refractivity contribution in [2.75, 3.05) is 19.8 Å². The normalized spacial score (nSPS) is 20.9. The second-order valence-corrected chi connectivity index (χ2v) is 4.68. The third-order valence-corrected chi connectivity index (χ3v) is 3.30. The molecule has 1 atom stereocenters. The number of aryl methyl sites for hydroxylation is 1. The van der Waals surface area contributed by atoms with Crippen molar-refractivity contribution in [1.82, 2.24) is 5.32 Å². The highest BCUT2D eigenvalue weighted by Gasteiger charge is 2.13. The molecule has 1 aromatic carbocycles. The highest BCUT2D eigenvalue weighted by molar-refractivity contribution is 5.24. The van der Waals surface area contributed by atoms with Gasteiger partial charge in [-0.05, 0) is 49.4 Å². The van der Waals surface area contributed by atoms with E-state index in [0.29, 0.717) is 6.42 Å². The molecule has 1 fully saturated rings. The maximum atomic E-state index is 12.3. The molecule has 0 aliphatic carbocycles. The van der Waals surface area contributed by atoms with Crippen LogP contribution in [-0.4, -0.2) is 19.8 Å². The van der Waals surface area contributed by atoms with Crippen LogP contribution < -0.4 is 5.32 Å². The molecule has 16 heavy (non-hydrogen) atoms. The molecule has 2 heteroatoms. The first-order valence-electron chi connectivity index (χ1n) is 6.23. The summed E-state index contributed by atoms with van der Waals surface area (Å²) in [6.07, 6.45) is 4.29. The van der Waals surface area contributed by atoms with Crippen LogP contribution in [0.4, 0.5) is 4.39 Å². The number of piperidine rings is 1. The summed E-state index contributed by atoms with van der Waals surface area (Å²) < 4.78 is 12.3. The van der Waals surface area contributed by atoms with Gasteiger partial charge < -0.3 is 5.32 Å². The zero-order valence-electron chi connectivity index (χ0n) is 9.71. The lowest BCUT2D eigenvalue weighted by molar-refractivity contribution is 0.376. The molecule has 0 spiro atoms. The largest absolute Gasteiger partial charge is 0.316 e. The minimum atomic E-state index is -0.256. The lowest BCUT2D eigenvalue weighted by Crippen LogP contribution is -2.30. The van der Waals surface area contributed by atoms with Gasteiger partial charge in [-0.25, -0.2) is 0 Å². The topological polar surface area (TPSA) is 12.0 Å². The van der Waals surface area contributed by atoms with Crippen molar-refractivity contribution in [2.24, 2.45) is 5.92 Å². The molecule has 0 bridgehead atoms. The molecule has 0 aromatic heterocycles. The van der Waals surface area contributed by atoms with Gasteiger partial charge in [-0.1, -0.05) is 24.3 Å². The summed E-state index contributed by atoms with van der Waals surface area (Å²) in [5.41, 5.74) is 2.49. The predicted molar refractivity (Wildman–Crippen MR) is 65.4 cm³/mol. The molecule has 0 saturated carbocycles. The monoisotopic (exact) mass is 221 g/mol. The van der Waals surface area contributed by atoms with Crippen molar-refractivity contribution in [3.63, 3.8) is 0 Å². The minimum Gasteiger partial charge on any atom is -0.316 e. The lowest BCUT2D eigenvalue weighted by Gasteiger charge is -2.22. The van der Waals surface area contributed by atoms with E-state index in [2.05, 4.69) is 23.5 Å². The standard InChI is InChI=1S/C14H20FN/c15-7-6-12-3-1-4-13(9-12)10-14-5-2-8-16-11-14/h1,3-4,9,14,16H,2,5-8,10-11H2. The number of rotatable bonds is 4. The summed E-state index contributed by atoms with van der Waals surface area (Å²) in [4.78, 5) is 0. The molecule has 1 aromatic rings. The second kappa shape index (κ2) is 6.00. The molecule has 1 heterocycles. The zero-order valence-corrected chi connectivity index (χ0v) is 9.71. The van der Waals surface area contributed by atoms with Crippen LogP contribution in [0.1, 0.15) is 24.0 Å². The van der Waals surface area contributed by atoms with Gasteiger partial charge in [0.05, 0.1) is 6.67 Å². The van der Waals surface area contributed by atoms with Crippen molar-refractivity contribution in [3.05, 3.63) is 35.4 Å². The Labute approximate surface area is 97.1 Å². The maximum absolute atomic E-state index is 12.3. The van der Waals surface area contributed by atoms with Gasteiger partial charge in [-0.3, -0.25) is 4.39 Å². The van der Waals surface area contributed by atoms with E-state index in [-0.39, 0.29) is 6.67 Å². The molecule has 1 N–H and O–H groups in total. The van der Waals surface area contributed by atoms with E-state index >= 15 is 0 Å². The highest BCUT2D eigenvalue weighted by Crippen LogP contribution is 2.17. The van der Waals surface area contributed by atoms with Crippen LogP contribution in [0.15, 0.2) is 24.3 Å². The Bertz CT molecular complexity index is 318. The van der Waals surface area contributed by atoms with Gasteiger partial charge in [-0.15, -0.1) is 0 Å². The van der Waals surface area contributed by atoms with Crippen LogP contribution in [0.25, 0.3) is 0 Å². The van der Waals surface area contributed by atoms with Crippen LogP contribution in [0.2, 0.25) is 0 Å². The van der Waals surface area contributed by atoms with E-state index in [4.69, 9.17) is 0 Å². The lowest BCUT2D eigenvalue weighted by atomic mass is 9.91. The van der Waals surface area contributed by atoms with Gasteiger partial charge >= 0.3 is 0 Å². The van der Waals surface area contributed by atoms with E-state index in [1.165, 1.54) is 24.9 Å². The van der Waals surface area contributed by atoms with Crippen LogP contribution in [0.3, 0.4) is 0 Å². The first kappa shape index (κ1) is 11.6. The molecule has 1 aliphatic rings. The Kier molecular flexibility index (Phi) is 4.34. The third-order valence-electron chi connectivity index (χ3n) is 3.30. The molecule has 0 amide bonds. The molecule has 1 unspecified atom stereocenters. The molecule has 88 valence electrons. The summed E-state index contributed by atoms with van der Waals surface area (Å²) in [7, 11) is 0. The fourth-order valence-electron chi connectivity index (χ4n) is 2.45. The Balaban J connectivity index is 1.94. The van der Waals surface area contributed by atoms with Crippen LogP contribution >= 0.6 is 0 Å². The zero-order chi connectivity index (χ0) is 11.2. The third kappa shape index (κ3) is 3.31. The number of halogens is 1. The quantitative estimate of drug-likeness (QED) is 0.824. The van der Waals surface area contributed by atoms with Gasteiger partial charge in [0.15, 0.2) is 0 Å². The van der Waals surface area contributed by atoms with Gasteiger partial charge in [0.2, 0.25) is 0 Å². The smallest absolute Gasteiger partial charge is 0.0934 e. The van der Waals surface area contributed by atoms with Gasteiger partial charge in [0.25, 0.3) is 0 Å². The molecule has 1 nitrogen and oxygen atoms in total. The Morgan fingerprint density at radius 2 is 2.19 bits per heavy atom. The van der Waals surface area contributed by atoms with Crippen molar-refractivity contribution < 1.29 is 4.39 Å². The van der Waals surface area contributed by atoms with Crippen molar-refractivity contribution in [3.8, 4) is 0 Å². The SMILES string of the molecule is FCCc1cccc(CC2CCCNC2)c1. The van der Waals surface area contributed by atoms with E-state index in [1.807, 2.05) is 6.07 Å². The van der Waals surface area contributed by atoms with Crippen molar-refractivity contribution >= 4 is 0 Å². The Morgan fingerprint density at radius 3 is 2.94 bits per heavy atom. The van der Waals surface area contributed by atoms with Gasteiger partial charge in [0.1, 0.15) is 0 Å². The minimum absolute atomic E-state index is 0.256. The maximum Gasteiger partial charge on any atom is 0.0934 e. The summed E-state index contributed by atoms with van der Waals surface area (Å²) in [5, 5.41) is 3.43. The van der Waals surface area contributed by atoms with Crippen LogP contribution in [0, 0.1) is 5.92 Å². The molecular formula is C14H20FN. The van der Waals surface area contributed by atoms with E-state index in [9.17, 15) is 4.39 Å². The number of alkyl halides is 1. The first-order chi connectivity index (χ1) is 7.88. The summed E-state index contributed by atoms with van der Waals surface area (Å²) in [5.74, 6) is 0.759. The van der Waals surface area contributed by atoms with Crippen LogP contribution in [-0.2, 0) is 12.8 Å². The van der Waals surface area contributed by atoms with Gasteiger partial charge in [-0.2, -0.15) is 0 Å². The first-order valence-corrected chi connectivity index (χ1v) is 6.23. The summed E-state index contributed by atoms with van der Waals surface area (Å²) in [6, 6.07) is 8.39. The average molecular weight is 221 g/mol. The van der Waals surface area contributed by atoms with E-state index in [0.717, 1.165) is 24.4 Å². The molecular weight excluding hydrogens is 201 g/mol.